The second kappa shape index (κ2) is 5.57. The van der Waals surface area contributed by atoms with Gasteiger partial charge in [-0.05, 0) is 18.2 Å². The Balaban J connectivity index is 1.74. The third kappa shape index (κ3) is 3.20. The van der Waals surface area contributed by atoms with Gasteiger partial charge >= 0.3 is 0 Å². The van der Waals surface area contributed by atoms with Crippen LogP contribution in [0.3, 0.4) is 0 Å². The number of hydrogen-bond acceptors (Lipinski definition) is 6. The van der Waals surface area contributed by atoms with E-state index in [9.17, 15) is 18.0 Å². The number of amides is 2. The zero-order valence-corrected chi connectivity index (χ0v) is 14.2. The smallest absolute Gasteiger partial charge is 0.232 e. The van der Waals surface area contributed by atoms with Gasteiger partial charge in [-0.15, -0.1) is 0 Å². The van der Waals surface area contributed by atoms with Crippen molar-refractivity contribution in [3.63, 3.8) is 0 Å². The normalized spacial score (nSPS) is 15.5. The van der Waals surface area contributed by atoms with E-state index in [-0.39, 0.29) is 22.6 Å². The van der Waals surface area contributed by atoms with Gasteiger partial charge in [0.05, 0.1) is 21.0 Å². The molecule has 122 valence electrons. The lowest BCUT2D eigenvalue weighted by atomic mass is 9.99. The van der Waals surface area contributed by atoms with Gasteiger partial charge in [-0.2, -0.15) is 0 Å². The average Bonchev–Trinajstić information content (AvgIpc) is 2.75. The molecule has 1 aromatic heterocycles. The number of carbonyl (C=O) groups is 2. The zero-order valence-electron chi connectivity index (χ0n) is 12.6. The van der Waals surface area contributed by atoms with Gasteiger partial charge in [0.2, 0.25) is 11.8 Å². The fourth-order valence-electron chi connectivity index (χ4n) is 2.30. The van der Waals surface area contributed by atoms with Crippen molar-refractivity contribution in [1.29, 1.82) is 0 Å². The van der Waals surface area contributed by atoms with Crippen LogP contribution in [0.5, 0.6) is 0 Å². The molecule has 0 atom stereocenters. The molecule has 9 heteroatoms. The predicted octanol–water partition coefficient (Wildman–Crippen LogP) is 1.12. The number of sulfone groups is 1. The van der Waals surface area contributed by atoms with Crippen molar-refractivity contribution in [1.82, 2.24) is 9.88 Å². The molecule has 0 saturated carbocycles. The minimum Gasteiger partial charge on any atom is -0.341 e. The van der Waals surface area contributed by atoms with Gasteiger partial charge in [0, 0.05) is 26.3 Å². The highest BCUT2D eigenvalue weighted by atomic mass is 32.2. The molecule has 0 radical (unpaired) electrons. The molecule has 0 unspecified atom stereocenters. The highest BCUT2D eigenvalue weighted by Crippen LogP contribution is 2.29. The van der Waals surface area contributed by atoms with Crippen molar-refractivity contribution < 1.29 is 18.0 Å². The molecule has 23 heavy (non-hydrogen) atoms. The van der Waals surface area contributed by atoms with Gasteiger partial charge in [-0.3, -0.25) is 9.59 Å². The van der Waals surface area contributed by atoms with Crippen LogP contribution in [-0.4, -0.2) is 49.5 Å². The Morgan fingerprint density at radius 2 is 2.04 bits per heavy atom. The molecule has 0 spiro atoms. The van der Waals surface area contributed by atoms with Crippen LogP contribution in [0.1, 0.15) is 6.92 Å². The third-order valence-corrected chi connectivity index (χ3v) is 5.76. The van der Waals surface area contributed by atoms with Gasteiger partial charge in [0.15, 0.2) is 15.0 Å². The number of nitrogens with one attached hydrogen (secondary N) is 1. The van der Waals surface area contributed by atoms with Gasteiger partial charge in [0.25, 0.3) is 0 Å². The summed E-state index contributed by atoms with van der Waals surface area (Å²) in [6.07, 6.45) is 1.15. The summed E-state index contributed by atoms with van der Waals surface area (Å²) in [5.74, 6) is -0.440. The first-order valence-corrected chi connectivity index (χ1v) is 9.62. The zero-order chi connectivity index (χ0) is 16.8. The van der Waals surface area contributed by atoms with Crippen LogP contribution in [0.25, 0.3) is 10.2 Å². The number of aromatic nitrogens is 1. The number of fused-ring (bicyclic) bond motifs is 1. The number of hydrogen-bond donors (Lipinski definition) is 1. The quantitative estimate of drug-likeness (QED) is 0.892. The Kier molecular flexibility index (Phi) is 3.85. The maximum Gasteiger partial charge on any atom is 0.232 e. The Hall–Kier alpha value is -2.00. The summed E-state index contributed by atoms with van der Waals surface area (Å²) in [6, 6.07) is 4.68. The molecule has 1 aromatic carbocycles. The topological polar surface area (TPSA) is 96.4 Å². The fraction of sp³-hybridized carbons (Fsp3) is 0.357. The number of benzene rings is 1. The summed E-state index contributed by atoms with van der Waals surface area (Å²) >= 11 is 1.23. The molecule has 2 aromatic rings. The van der Waals surface area contributed by atoms with Crippen molar-refractivity contribution in [2.75, 3.05) is 24.7 Å². The van der Waals surface area contributed by atoms with E-state index < -0.39 is 9.84 Å². The second-order valence-electron chi connectivity index (χ2n) is 5.53. The lowest BCUT2D eigenvalue weighted by Crippen LogP contribution is -2.53. The van der Waals surface area contributed by atoms with E-state index in [1.54, 1.807) is 17.0 Å². The van der Waals surface area contributed by atoms with E-state index in [4.69, 9.17) is 0 Å². The lowest BCUT2D eigenvalue weighted by molar-refractivity contribution is -0.139. The van der Waals surface area contributed by atoms with E-state index in [0.717, 1.165) is 6.26 Å². The number of anilines is 1. The first-order valence-electron chi connectivity index (χ1n) is 6.91. The SMILES string of the molecule is CC(=O)N1CC(C(=O)Nc2nc3ccc(S(C)(=O)=O)cc3s2)C1. The number of nitrogens with zero attached hydrogens (tertiary/aromatic N) is 2. The van der Waals surface area contributed by atoms with Crippen LogP contribution >= 0.6 is 11.3 Å². The van der Waals surface area contributed by atoms with Crippen LogP contribution in [0.15, 0.2) is 23.1 Å². The molecular weight excluding hydrogens is 338 g/mol. The van der Waals surface area contributed by atoms with E-state index in [0.29, 0.717) is 28.4 Å². The predicted molar refractivity (Wildman–Crippen MR) is 87.1 cm³/mol. The molecule has 7 nitrogen and oxygen atoms in total. The first-order chi connectivity index (χ1) is 10.7. The van der Waals surface area contributed by atoms with E-state index in [1.807, 2.05) is 0 Å². The van der Waals surface area contributed by atoms with E-state index in [2.05, 4.69) is 10.3 Å². The molecule has 1 N–H and O–H groups in total. The van der Waals surface area contributed by atoms with Gasteiger partial charge in [0.1, 0.15) is 0 Å². The lowest BCUT2D eigenvalue weighted by Gasteiger charge is -2.37. The Labute approximate surface area is 137 Å². The second-order valence-corrected chi connectivity index (χ2v) is 8.58. The summed E-state index contributed by atoms with van der Waals surface area (Å²) in [4.78, 5) is 29.3. The van der Waals surface area contributed by atoms with Crippen molar-refractivity contribution in [2.24, 2.45) is 5.92 Å². The molecule has 1 saturated heterocycles. The Morgan fingerprint density at radius 1 is 1.35 bits per heavy atom. The molecule has 2 heterocycles. The minimum atomic E-state index is -3.28. The average molecular weight is 353 g/mol. The van der Waals surface area contributed by atoms with Crippen LogP contribution in [0, 0.1) is 5.92 Å². The molecule has 0 bridgehead atoms. The van der Waals surface area contributed by atoms with Crippen molar-refractivity contribution in [3.8, 4) is 0 Å². The molecular formula is C14H15N3O4S2. The fourth-order valence-corrected chi connectivity index (χ4v) is 3.93. The molecule has 2 amide bonds. The highest BCUT2D eigenvalue weighted by Gasteiger charge is 2.34. The molecule has 1 fully saturated rings. The van der Waals surface area contributed by atoms with Crippen molar-refractivity contribution in [3.05, 3.63) is 18.2 Å². The summed E-state index contributed by atoms with van der Waals surface area (Å²) in [5.41, 5.74) is 0.636. The number of thiazole rings is 1. The van der Waals surface area contributed by atoms with Gasteiger partial charge in [-0.1, -0.05) is 11.3 Å². The highest BCUT2D eigenvalue weighted by molar-refractivity contribution is 7.90. The maximum atomic E-state index is 12.1. The van der Waals surface area contributed by atoms with E-state index >= 15 is 0 Å². The van der Waals surface area contributed by atoms with Crippen LogP contribution in [-0.2, 0) is 19.4 Å². The van der Waals surface area contributed by atoms with E-state index in [1.165, 1.54) is 24.3 Å². The van der Waals surface area contributed by atoms with Gasteiger partial charge in [-0.25, -0.2) is 13.4 Å². The third-order valence-electron chi connectivity index (χ3n) is 3.72. The molecule has 1 aliphatic heterocycles. The summed E-state index contributed by atoms with van der Waals surface area (Å²) < 4.78 is 23.8. The summed E-state index contributed by atoms with van der Waals surface area (Å²) in [7, 11) is -3.28. The van der Waals surface area contributed by atoms with Crippen molar-refractivity contribution >= 4 is 48.3 Å². The number of rotatable bonds is 3. The number of carbonyl (C=O) groups excluding carboxylic acids is 2. The minimum absolute atomic E-state index is 0.0395. The molecule has 0 aliphatic carbocycles. The summed E-state index contributed by atoms with van der Waals surface area (Å²) in [6.45, 7) is 2.32. The molecule has 1 aliphatic rings. The van der Waals surface area contributed by atoms with Crippen LogP contribution < -0.4 is 5.32 Å². The summed E-state index contributed by atoms with van der Waals surface area (Å²) in [5, 5.41) is 3.16. The standard InChI is InChI=1S/C14H15N3O4S2/c1-8(18)17-6-9(7-17)13(19)16-14-15-11-4-3-10(23(2,20)21)5-12(11)22-14/h3-5,9H,6-7H2,1-2H3,(H,15,16,19). The Morgan fingerprint density at radius 3 is 2.65 bits per heavy atom. The Bertz CT molecular complexity index is 898. The van der Waals surface area contributed by atoms with Gasteiger partial charge < -0.3 is 10.2 Å². The van der Waals surface area contributed by atoms with Crippen LogP contribution in [0.2, 0.25) is 0 Å². The molecule has 3 rings (SSSR count). The maximum absolute atomic E-state index is 12.1. The first kappa shape index (κ1) is 15.9. The van der Waals surface area contributed by atoms with Crippen molar-refractivity contribution in [2.45, 2.75) is 11.8 Å². The van der Waals surface area contributed by atoms with Crippen LogP contribution in [0.4, 0.5) is 5.13 Å². The largest absolute Gasteiger partial charge is 0.341 e. The monoisotopic (exact) mass is 353 g/mol. The number of likely N-dealkylation sites (tertiary alicyclic amines) is 1.